The standard InChI is InChI=1S/C8H20NO14P3/c9-8(14)7(23-26(19,20)4-13)6(22-25(17,18)3-12)5(1-10)21-24(15,16)2-11/h5-7,10-13H,1-4H2,(H2,9,14)(H,15,16)(H,17,18)(H,19,20)/t5-,6+,7+/m1/s1. The van der Waals surface area contributed by atoms with Crippen molar-refractivity contribution in [2.45, 2.75) is 18.3 Å². The fraction of sp³-hybridized carbons (Fsp3) is 0.875. The van der Waals surface area contributed by atoms with Crippen LogP contribution in [0.4, 0.5) is 0 Å². The lowest BCUT2D eigenvalue weighted by Gasteiger charge is -2.32. The molecule has 9 N–H and O–H groups in total. The number of carbonyl (C=O) groups is 1. The summed E-state index contributed by atoms with van der Waals surface area (Å²) in [5, 5.41) is 35.5. The van der Waals surface area contributed by atoms with Gasteiger partial charge in [-0.1, -0.05) is 0 Å². The number of hydrogen-bond donors (Lipinski definition) is 8. The number of hydrogen-bond acceptors (Lipinski definition) is 11. The molecule has 26 heavy (non-hydrogen) atoms. The van der Waals surface area contributed by atoms with E-state index in [4.69, 9.17) is 21.1 Å². The van der Waals surface area contributed by atoms with Crippen molar-refractivity contribution in [3.05, 3.63) is 0 Å². The molecule has 0 aromatic rings. The summed E-state index contributed by atoms with van der Waals surface area (Å²) >= 11 is 0. The summed E-state index contributed by atoms with van der Waals surface area (Å²) in [6, 6.07) is 0. The van der Waals surface area contributed by atoms with Crippen LogP contribution < -0.4 is 5.73 Å². The molecule has 0 aliphatic rings. The lowest BCUT2D eigenvalue weighted by atomic mass is 10.1. The van der Waals surface area contributed by atoms with E-state index in [-0.39, 0.29) is 0 Å². The van der Waals surface area contributed by atoms with E-state index >= 15 is 0 Å². The van der Waals surface area contributed by atoms with Crippen LogP contribution in [0.3, 0.4) is 0 Å². The molecule has 18 heteroatoms. The van der Waals surface area contributed by atoms with Gasteiger partial charge in [-0.05, 0) is 0 Å². The van der Waals surface area contributed by atoms with Crippen LogP contribution in [0.1, 0.15) is 0 Å². The molecule has 1 amide bonds. The Morgan fingerprint density at radius 1 is 0.808 bits per heavy atom. The smallest absolute Gasteiger partial charge is 0.354 e. The summed E-state index contributed by atoms with van der Waals surface area (Å²) in [4.78, 5) is 39.4. The minimum Gasteiger partial charge on any atom is -0.394 e. The van der Waals surface area contributed by atoms with Crippen molar-refractivity contribution in [2.75, 3.05) is 25.7 Å². The van der Waals surface area contributed by atoms with Gasteiger partial charge < -0.3 is 40.8 Å². The van der Waals surface area contributed by atoms with E-state index in [2.05, 4.69) is 13.6 Å². The number of carbonyl (C=O) groups excluding carboxylic acids is 1. The molecule has 0 radical (unpaired) electrons. The molecule has 156 valence electrons. The second-order valence-electron chi connectivity index (χ2n) is 4.66. The normalized spacial score (nSPS) is 22.4. The van der Waals surface area contributed by atoms with Crippen molar-refractivity contribution in [1.82, 2.24) is 0 Å². The van der Waals surface area contributed by atoms with Gasteiger partial charge in [0.2, 0.25) is 5.91 Å². The third-order valence-corrected chi connectivity index (χ3v) is 5.33. The van der Waals surface area contributed by atoms with E-state index in [9.17, 15) is 38.3 Å². The first-order valence-corrected chi connectivity index (χ1v) is 11.8. The maximum atomic E-state index is 11.6. The molecule has 0 saturated carbocycles. The van der Waals surface area contributed by atoms with Crippen molar-refractivity contribution >= 4 is 28.7 Å². The topological polar surface area (TPSA) is 264 Å². The lowest BCUT2D eigenvalue weighted by molar-refractivity contribution is -0.134. The Labute approximate surface area is 146 Å². The fourth-order valence-corrected chi connectivity index (χ4v) is 3.48. The van der Waals surface area contributed by atoms with Crippen molar-refractivity contribution in [3.8, 4) is 0 Å². The van der Waals surface area contributed by atoms with E-state index in [0.29, 0.717) is 0 Å². The van der Waals surface area contributed by atoms with Crippen LogP contribution in [0.5, 0.6) is 0 Å². The number of aliphatic hydroxyl groups is 4. The first kappa shape index (κ1) is 25.8. The molecule has 3 unspecified atom stereocenters. The Kier molecular flexibility index (Phi) is 10.2. The highest BCUT2D eigenvalue weighted by Crippen LogP contribution is 2.49. The summed E-state index contributed by atoms with van der Waals surface area (Å²) in [5.41, 5.74) is 4.94. The van der Waals surface area contributed by atoms with Gasteiger partial charge in [0.25, 0.3) is 0 Å². The van der Waals surface area contributed by atoms with Gasteiger partial charge in [0.15, 0.2) is 6.10 Å². The predicted octanol–water partition coefficient (Wildman–Crippen LogP) is -2.97. The Hall–Kier alpha value is -0.240. The molecular weight excluding hydrogens is 427 g/mol. The van der Waals surface area contributed by atoms with Crippen LogP contribution in [0.25, 0.3) is 0 Å². The molecule has 0 aromatic heterocycles. The summed E-state index contributed by atoms with van der Waals surface area (Å²) in [7, 11) is -14.6. The molecule has 0 heterocycles. The van der Waals surface area contributed by atoms with Crippen molar-refractivity contribution in [1.29, 1.82) is 0 Å². The van der Waals surface area contributed by atoms with E-state index in [1.54, 1.807) is 0 Å². The van der Waals surface area contributed by atoms with E-state index in [0.717, 1.165) is 0 Å². The maximum absolute atomic E-state index is 11.6. The molecule has 0 spiro atoms. The molecule has 0 bridgehead atoms. The Morgan fingerprint density at radius 3 is 1.54 bits per heavy atom. The van der Waals surface area contributed by atoms with E-state index < -0.39 is 72.7 Å². The van der Waals surface area contributed by atoms with Gasteiger partial charge in [0.1, 0.15) is 31.3 Å². The Bertz CT molecular complexity index is 611. The predicted molar refractivity (Wildman–Crippen MR) is 81.6 cm³/mol. The molecule has 0 aliphatic heterocycles. The molecule has 0 aromatic carbocycles. The largest absolute Gasteiger partial charge is 0.394 e. The first-order valence-electron chi connectivity index (χ1n) is 6.47. The number of nitrogens with two attached hydrogens (primary N) is 1. The van der Waals surface area contributed by atoms with Gasteiger partial charge in [-0.3, -0.25) is 32.1 Å². The zero-order valence-corrected chi connectivity index (χ0v) is 15.7. The molecule has 0 aliphatic carbocycles. The van der Waals surface area contributed by atoms with Gasteiger partial charge in [-0.15, -0.1) is 0 Å². The summed E-state index contributed by atoms with van der Waals surface area (Å²) in [6.45, 7) is -1.29. The van der Waals surface area contributed by atoms with Gasteiger partial charge >= 0.3 is 22.8 Å². The van der Waals surface area contributed by atoms with Crippen molar-refractivity contribution < 1.29 is 67.2 Å². The van der Waals surface area contributed by atoms with Crippen molar-refractivity contribution in [3.63, 3.8) is 0 Å². The van der Waals surface area contributed by atoms with Crippen LogP contribution >= 0.6 is 22.8 Å². The molecule has 0 rings (SSSR count). The number of primary amides is 1. The van der Waals surface area contributed by atoms with Crippen LogP contribution in [-0.2, 0) is 32.1 Å². The maximum Gasteiger partial charge on any atom is 0.354 e. The Balaban J connectivity index is 6.00. The SMILES string of the molecule is NC(=O)[C@@H](OP(=O)(O)CO)[C@@H](OP(=O)(O)CO)[C@@H](CO)OP(=O)(O)CO. The number of aliphatic hydroxyl groups excluding tert-OH is 4. The average molecular weight is 447 g/mol. The van der Waals surface area contributed by atoms with Crippen LogP contribution in [0.15, 0.2) is 0 Å². The summed E-state index contributed by atoms with van der Waals surface area (Å²) < 4.78 is 47.8. The van der Waals surface area contributed by atoms with Crippen LogP contribution in [0, 0.1) is 0 Å². The molecule has 15 nitrogen and oxygen atoms in total. The Morgan fingerprint density at radius 2 is 1.19 bits per heavy atom. The zero-order valence-electron chi connectivity index (χ0n) is 13.0. The second-order valence-corrected chi connectivity index (χ2v) is 9.97. The highest BCUT2D eigenvalue weighted by molar-refractivity contribution is 7.53. The van der Waals surface area contributed by atoms with E-state index in [1.807, 2.05) is 0 Å². The summed E-state index contributed by atoms with van der Waals surface area (Å²) in [5.74, 6) is -1.62. The average Bonchev–Trinajstić information content (AvgIpc) is 2.55. The second kappa shape index (κ2) is 10.3. The highest BCUT2D eigenvalue weighted by Gasteiger charge is 2.45. The number of rotatable bonds is 13. The summed E-state index contributed by atoms with van der Waals surface area (Å²) in [6.07, 6.45) is -11.5. The third kappa shape index (κ3) is 8.63. The lowest BCUT2D eigenvalue weighted by Crippen LogP contribution is -2.49. The molecule has 0 saturated heterocycles. The fourth-order valence-electron chi connectivity index (χ4n) is 1.47. The monoisotopic (exact) mass is 447 g/mol. The zero-order chi connectivity index (χ0) is 20.8. The third-order valence-electron chi connectivity index (χ3n) is 2.53. The first-order chi connectivity index (χ1) is 11.7. The highest BCUT2D eigenvalue weighted by atomic mass is 31.2. The number of amides is 1. The van der Waals surface area contributed by atoms with Gasteiger partial charge in [0.05, 0.1) is 6.61 Å². The minimum atomic E-state index is -4.93. The van der Waals surface area contributed by atoms with Crippen molar-refractivity contribution in [2.24, 2.45) is 5.73 Å². The van der Waals surface area contributed by atoms with E-state index in [1.165, 1.54) is 0 Å². The van der Waals surface area contributed by atoms with Gasteiger partial charge in [-0.2, -0.15) is 0 Å². The molecular formula is C8H20NO14P3. The van der Waals surface area contributed by atoms with Gasteiger partial charge in [0, 0.05) is 0 Å². The molecule has 0 fully saturated rings. The quantitative estimate of drug-likeness (QED) is 0.131. The van der Waals surface area contributed by atoms with Gasteiger partial charge in [-0.25, -0.2) is 0 Å². The van der Waals surface area contributed by atoms with Crippen LogP contribution in [-0.4, -0.2) is 85.0 Å². The minimum absolute atomic E-state index is 1.29. The van der Waals surface area contributed by atoms with Crippen LogP contribution in [0.2, 0.25) is 0 Å². The molecule has 6 atom stereocenters.